The summed E-state index contributed by atoms with van der Waals surface area (Å²) in [7, 11) is 0. The molecule has 5 nitrogen and oxygen atoms in total. The van der Waals surface area contributed by atoms with Crippen LogP contribution >= 0.6 is 23.2 Å². The zero-order valence-corrected chi connectivity index (χ0v) is 24.4. The summed E-state index contributed by atoms with van der Waals surface area (Å²) in [6.45, 7) is 8.20. The zero-order valence-electron chi connectivity index (χ0n) is 22.9. The molecule has 1 amide bonds. The minimum atomic E-state index is -1.12. The second-order valence-corrected chi connectivity index (χ2v) is 14.1. The number of amides is 1. The van der Waals surface area contributed by atoms with Gasteiger partial charge in [-0.3, -0.25) is 9.59 Å². The first-order valence-corrected chi connectivity index (χ1v) is 14.5. The normalized spacial score (nSPS) is 32.4. The van der Waals surface area contributed by atoms with Crippen LogP contribution in [0, 0.1) is 17.2 Å². The van der Waals surface area contributed by atoms with E-state index in [0.717, 1.165) is 18.4 Å². The Morgan fingerprint density at radius 1 is 1.13 bits per heavy atom. The minimum absolute atomic E-state index is 0.0259. The third-order valence-corrected chi connectivity index (χ3v) is 9.47. The lowest BCUT2D eigenvalue weighted by molar-refractivity contribution is -0.123. The maximum atomic E-state index is 14.3. The van der Waals surface area contributed by atoms with Crippen molar-refractivity contribution >= 4 is 40.6 Å². The molecule has 4 atom stereocenters. The number of rotatable bonds is 5. The van der Waals surface area contributed by atoms with E-state index in [1.807, 2.05) is 13.0 Å². The summed E-state index contributed by atoms with van der Waals surface area (Å²) in [6.07, 6.45) is 3.85. The summed E-state index contributed by atoms with van der Waals surface area (Å²) in [4.78, 5) is 28.3. The number of nitrogens with one attached hydrogen (secondary N) is 2. The minimum Gasteiger partial charge on any atom is -0.390 e. The van der Waals surface area contributed by atoms with Gasteiger partial charge in [0.2, 0.25) is 5.91 Å². The first-order chi connectivity index (χ1) is 18.2. The van der Waals surface area contributed by atoms with Crippen molar-refractivity contribution in [3.63, 3.8) is 0 Å². The van der Waals surface area contributed by atoms with Gasteiger partial charge in [0, 0.05) is 29.1 Å². The maximum Gasteiger partial charge on any atom is 0.237 e. The summed E-state index contributed by atoms with van der Waals surface area (Å²) < 4.78 is 14.3. The van der Waals surface area contributed by atoms with Crippen molar-refractivity contribution in [3.05, 3.63) is 63.4 Å². The quantitative estimate of drug-likeness (QED) is 0.367. The molecular weight excluding hydrogens is 538 g/mol. The van der Waals surface area contributed by atoms with Crippen LogP contribution in [0.2, 0.25) is 10.0 Å². The van der Waals surface area contributed by atoms with Crippen LogP contribution in [-0.2, 0) is 15.0 Å². The van der Waals surface area contributed by atoms with E-state index in [1.165, 1.54) is 6.07 Å². The van der Waals surface area contributed by atoms with Gasteiger partial charge in [0.25, 0.3) is 0 Å². The van der Waals surface area contributed by atoms with Gasteiger partial charge in [-0.15, -0.1) is 0 Å². The van der Waals surface area contributed by atoms with Crippen molar-refractivity contribution in [2.24, 2.45) is 11.3 Å². The number of hydrogen-bond donors (Lipinski definition) is 3. The van der Waals surface area contributed by atoms with Crippen molar-refractivity contribution in [2.45, 2.75) is 95.2 Å². The highest BCUT2D eigenvalue weighted by Gasteiger charge is 2.65. The smallest absolute Gasteiger partial charge is 0.237 e. The second-order valence-electron chi connectivity index (χ2n) is 13.2. The predicted molar refractivity (Wildman–Crippen MR) is 153 cm³/mol. The number of aliphatic hydroxyl groups is 1. The fourth-order valence-corrected chi connectivity index (χ4v) is 7.46. The lowest BCUT2D eigenvalue weighted by Crippen LogP contribution is -2.49. The molecule has 1 saturated heterocycles. The van der Waals surface area contributed by atoms with E-state index in [0.29, 0.717) is 42.0 Å². The SMILES string of the molecule is CC(C)(C)C[C@H]1N[C@@H](C(=O)CC2CCC(C)(O)CC2)[C@H](c2ccc(F)c(Cl)c2)[C@@]12C(=O)Nc1cc(Cl)ccc12. The number of benzene rings is 2. The molecule has 0 radical (unpaired) electrons. The molecule has 2 aromatic carbocycles. The highest BCUT2D eigenvalue weighted by atomic mass is 35.5. The number of halogens is 3. The molecule has 210 valence electrons. The van der Waals surface area contributed by atoms with E-state index >= 15 is 0 Å². The topological polar surface area (TPSA) is 78.4 Å². The van der Waals surface area contributed by atoms with Gasteiger partial charge in [0.15, 0.2) is 5.78 Å². The molecule has 2 aromatic rings. The third kappa shape index (κ3) is 5.26. The monoisotopic (exact) mass is 574 g/mol. The zero-order chi connectivity index (χ0) is 28.3. The van der Waals surface area contributed by atoms with E-state index in [9.17, 15) is 19.1 Å². The van der Waals surface area contributed by atoms with Crippen molar-refractivity contribution in [1.82, 2.24) is 5.32 Å². The fourth-order valence-electron chi connectivity index (χ4n) is 7.09. The van der Waals surface area contributed by atoms with E-state index in [-0.39, 0.29) is 34.1 Å². The summed E-state index contributed by atoms with van der Waals surface area (Å²) in [6, 6.07) is 8.87. The molecule has 5 rings (SSSR count). The molecule has 3 aliphatic rings. The second kappa shape index (κ2) is 10.1. The van der Waals surface area contributed by atoms with Crippen LogP contribution in [0.5, 0.6) is 0 Å². The summed E-state index contributed by atoms with van der Waals surface area (Å²) in [5.41, 5.74) is 0.103. The van der Waals surface area contributed by atoms with Crippen LogP contribution in [0.15, 0.2) is 36.4 Å². The summed E-state index contributed by atoms with van der Waals surface area (Å²) >= 11 is 12.6. The van der Waals surface area contributed by atoms with Gasteiger partial charge in [-0.25, -0.2) is 4.39 Å². The molecule has 8 heteroatoms. The molecule has 1 aliphatic carbocycles. The number of fused-ring (bicyclic) bond motifs is 2. The Kier molecular flexibility index (Phi) is 7.41. The standard InChI is InChI=1S/C31H37Cl2FN2O3/c1-29(2,3)16-25-31(20-7-6-19(32)15-23(20)35-28(31)38)26(18-5-8-22(34)21(33)14-18)27(36-25)24(37)13-17-9-11-30(4,39)12-10-17/h5-8,14-15,17,25-27,36,39H,9-13,16H2,1-4H3,(H,35,38)/t17?,25-,26+,27+,30?,31+/m1/s1. The number of hydrogen-bond acceptors (Lipinski definition) is 4. The molecule has 0 unspecified atom stereocenters. The molecule has 1 spiro atoms. The number of carbonyl (C=O) groups is 2. The van der Waals surface area contributed by atoms with Crippen LogP contribution in [0.3, 0.4) is 0 Å². The van der Waals surface area contributed by atoms with Crippen LogP contribution < -0.4 is 10.6 Å². The Bertz CT molecular complexity index is 1300. The highest BCUT2D eigenvalue weighted by Crippen LogP contribution is 2.57. The first kappa shape index (κ1) is 28.5. The van der Waals surface area contributed by atoms with Gasteiger partial charge >= 0.3 is 0 Å². The van der Waals surface area contributed by atoms with Crippen molar-refractivity contribution in [2.75, 3.05) is 5.32 Å². The predicted octanol–water partition coefficient (Wildman–Crippen LogP) is 6.78. The number of ketones is 1. The van der Waals surface area contributed by atoms with Crippen LogP contribution in [0.4, 0.5) is 10.1 Å². The van der Waals surface area contributed by atoms with Gasteiger partial charge in [0.05, 0.1) is 16.7 Å². The molecule has 2 fully saturated rings. The summed E-state index contributed by atoms with van der Waals surface area (Å²) in [5, 5.41) is 17.5. The van der Waals surface area contributed by atoms with Gasteiger partial charge in [0.1, 0.15) is 11.2 Å². The van der Waals surface area contributed by atoms with Gasteiger partial charge in [-0.1, -0.05) is 56.1 Å². The lowest BCUT2D eigenvalue weighted by Gasteiger charge is -2.38. The Labute approximate surface area is 239 Å². The van der Waals surface area contributed by atoms with E-state index < -0.39 is 28.8 Å². The van der Waals surface area contributed by atoms with E-state index in [1.54, 1.807) is 24.3 Å². The highest BCUT2D eigenvalue weighted by molar-refractivity contribution is 6.31. The molecule has 2 heterocycles. The van der Waals surface area contributed by atoms with E-state index in [2.05, 4.69) is 31.4 Å². The molecule has 0 bridgehead atoms. The van der Waals surface area contributed by atoms with Gasteiger partial charge < -0.3 is 15.7 Å². The Hall–Kier alpha value is -1.99. The van der Waals surface area contributed by atoms with Gasteiger partial charge in [-0.2, -0.15) is 0 Å². The summed E-state index contributed by atoms with van der Waals surface area (Å²) in [5.74, 6) is -1.16. The van der Waals surface area contributed by atoms with Crippen LogP contribution in [0.25, 0.3) is 0 Å². The van der Waals surface area contributed by atoms with Crippen LogP contribution in [-0.4, -0.2) is 34.5 Å². The van der Waals surface area contributed by atoms with Gasteiger partial charge in [-0.05, 0) is 85.8 Å². The molecule has 3 N–H and O–H groups in total. The molecule has 39 heavy (non-hydrogen) atoms. The Morgan fingerprint density at radius 3 is 2.46 bits per heavy atom. The van der Waals surface area contributed by atoms with E-state index in [4.69, 9.17) is 23.2 Å². The Morgan fingerprint density at radius 2 is 1.82 bits per heavy atom. The average Bonchev–Trinajstić information content (AvgIpc) is 3.31. The van der Waals surface area contributed by atoms with Crippen molar-refractivity contribution in [1.29, 1.82) is 0 Å². The number of anilines is 1. The molecule has 1 saturated carbocycles. The van der Waals surface area contributed by atoms with Crippen molar-refractivity contribution < 1.29 is 19.1 Å². The van der Waals surface area contributed by atoms with Crippen molar-refractivity contribution in [3.8, 4) is 0 Å². The molecule has 0 aromatic heterocycles. The Balaban J connectivity index is 1.63. The molecule has 2 aliphatic heterocycles. The lowest BCUT2D eigenvalue weighted by atomic mass is 9.62. The molecular formula is C31H37Cl2FN2O3. The first-order valence-electron chi connectivity index (χ1n) is 13.8. The van der Waals surface area contributed by atoms with Crippen LogP contribution in [0.1, 0.15) is 83.3 Å². The fraction of sp³-hybridized carbons (Fsp3) is 0.548. The maximum absolute atomic E-state index is 14.3. The average molecular weight is 576 g/mol. The third-order valence-electron chi connectivity index (χ3n) is 8.94. The largest absolute Gasteiger partial charge is 0.390 e. The number of carbonyl (C=O) groups excluding carboxylic acids is 2. The number of Topliss-reactive ketones (excluding diaryl/α,β-unsaturated/α-hetero) is 1.